The highest BCUT2D eigenvalue weighted by Crippen LogP contribution is 2.41. The fourth-order valence-electron chi connectivity index (χ4n) is 2.44. The first kappa shape index (κ1) is 10.7. The van der Waals surface area contributed by atoms with E-state index in [2.05, 4.69) is 0 Å². The van der Waals surface area contributed by atoms with Gasteiger partial charge in [0.15, 0.2) is 0 Å². The van der Waals surface area contributed by atoms with Crippen molar-refractivity contribution >= 4 is 5.97 Å². The second-order valence-corrected chi connectivity index (χ2v) is 4.81. The number of carbonyl (C=O) groups is 1. The molecule has 0 aromatic rings. The molecular weight excluding hydrogens is 192 g/mol. The van der Waals surface area contributed by atoms with Gasteiger partial charge in [0.2, 0.25) is 0 Å². The Morgan fingerprint density at radius 3 is 2.67 bits per heavy atom. The van der Waals surface area contributed by atoms with Crippen LogP contribution in [-0.2, 0) is 9.53 Å². The van der Waals surface area contributed by atoms with Crippen LogP contribution >= 0.6 is 0 Å². The maximum Gasteiger partial charge on any atom is 0.331 e. The summed E-state index contributed by atoms with van der Waals surface area (Å²) in [4.78, 5) is 10.8. The highest BCUT2D eigenvalue weighted by molar-refractivity contribution is 5.86. The van der Waals surface area contributed by atoms with Gasteiger partial charge in [0.25, 0.3) is 0 Å². The number of fused-ring (bicyclic) bond motifs is 1. The summed E-state index contributed by atoms with van der Waals surface area (Å²) < 4.78 is 5.47. The summed E-state index contributed by atoms with van der Waals surface area (Å²) in [6, 6.07) is 0. The Bertz CT molecular complexity index is 306. The molecule has 0 amide bonds. The molecule has 0 radical (unpaired) electrons. The molecular formula is C12H18O3. The van der Waals surface area contributed by atoms with Gasteiger partial charge in [-0.25, -0.2) is 4.79 Å². The van der Waals surface area contributed by atoms with Gasteiger partial charge in [0.05, 0.1) is 12.2 Å². The minimum atomic E-state index is -0.788. The Kier molecular flexibility index (Phi) is 2.83. The Morgan fingerprint density at radius 1 is 1.33 bits per heavy atom. The predicted molar refractivity (Wildman–Crippen MR) is 56.6 cm³/mol. The summed E-state index contributed by atoms with van der Waals surface area (Å²) in [5.41, 5.74) is 1.53. The molecule has 1 saturated heterocycles. The van der Waals surface area contributed by atoms with E-state index in [1.54, 1.807) is 6.92 Å². The topological polar surface area (TPSA) is 49.8 Å². The molecule has 2 aliphatic rings. The van der Waals surface area contributed by atoms with Crippen molar-refractivity contribution in [1.82, 2.24) is 0 Å². The van der Waals surface area contributed by atoms with Gasteiger partial charge in [-0.1, -0.05) is 5.57 Å². The minimum absolute atomic E-state index is 0.488. The third-order valence-corrected chi connectivity index (χ3v) is 3.67. The van der Waals surface area contributed by atoms with Crippen LogP contribution in [0, 0.1) is 5.92 Å². The van der Waals surface area contributed by atoms with Crippen LogP contribution in [0.5, 0.6) is 0 Å². The molecule has 15 heavy (non-hydrogen) atoms. The van der Waals surface area contributed by atoms with Gasteiger partial charge in [-0.05, 0) is 45.4 Å². The first-order valence-corrected chi connectivity index (χ1v) is 5.63. The normalized spacial score (nSPS) is 35.5. The molecule has 1 aliphatic heterocycles. The van der Waals surface area contributed by atoms with Crippen LogP contribution in [0.2, 0.25) is 0 Å². The van der Waals surface area contributed by atoms with E-state index in [-0.39, 0.29) is 0 Å². The van der Waals surface area contributed by atoms with Gasteiger partial charge in [0.1, 0.15) is 0 Å². The maximum absolute atomic E-state index is 10.8. The van der Waals surface area contributed by atoms with Crippen LogP contribution < -0.4 is 0 Å². The van der Waals surface area contributed by atoms with Crippen molar-refractivity contribution in [2.45, 2.75) is 51.7 Å². The summed E-state index contributed by atoms with van der Waals surface area (Å²) in [5, 5.41) is 8.86. The van der Waals surface area contributed by atoms with E-state index >= 15 is 0 Å². The molecule has 84 valence electrons. The Hall–Kier alpha value is -0.830. The van der Waals surface area contributed by atoms with Gasteiger partial charge in [-0.2, -0.15) is 0 Å². The van der Waals surface area contributed by atoms with E-state index in [4.69, 9.17) is 9.84 Å². The number of rotatable bonds is 3. The first-order valence-electron chi connectivity index (χ1n) is 5.63. The quantitative estimate of drug-likeness (QED) is 0.574. The highest BCUT2D eigenvalue weighted by atomic mass is 16.6. The molecule has 1 saturated carbocycles. The van der Waals surface area contributed by atoms with Crippen LogP contribution in [0.3, 0.4) is 0 Å². The predicted octanol–water partition coefficient (Wildman–Crippen LogP) is 2.37. The van der Waals surface area contributed by atoms with Gasteiger partial charge < -0.3 is 9.84 Å². The molecule has 0 bridgehead atoms. The van der Waals surface area contributed by atoms with Crippen molar-refractivity contribution in [3.05, 3.63) is 11.1 Å². The van der Waals surface area contributed by atoms with Crippen LogP contribution in [0.15, 0.2) is 11.1 Å². The molecule has 2 rings (SSSR count). The summed E-state index contributed by atoms with van der Waals surface area (Å²) >= 11 is 0. The van der Waals surface area contributed by atoms with Gasteiger partial charge in [-0.3, -0.25) is 0 Å². The summed E-state index contributed by atoms with van der Waals surface area (Å²) in [6.45, 7) is 3.63. The SMILES string of the molecule is CC(CC1CCC2OC2C1)=C(C)C(=O)O. The average molecular weight is 210 g/mol. The second kappa shape index (κ2) is 3.97. The zero-order chi connectivity index (χ0) is 11.0. The lowest BCUT2D eigenvalue weighted by Crippen LogP contribution is -2.14. The fraction of sp³-hybridized carbons (Fsp3) is 0.750. The molecule has 3 nitrogen and oxygen atoms in total. The Morgan fingerprint density at radius 2 is 2.07 bits per heavy atom. The van der Waals surface area contributed by atoms with Crippen LogP contribution in [0.1, 0.15) is 39.5 Å². The lowest BCUT2D eigenvalue weighted by molar-refractivity contribution is -0.132. The molecule has 0 aromatic heterocycles. The van der Waals surface area contributed by atoms with Gasteiger partial charge in [0, 0.05) is 5.57 Å². The second-order valence-electron chi connectivity index (χ2n) is 4.81. The zero-order valence-electron chi connectivity index (χ0n) is 9.32. The number of allylic oxidation sites excluding steroid dienone is 1. The van der Waals surface area contributed by atoms with Crippen LogP contribution in [0.4, 0.5) is 0 Å². The molecule has 1 heterocycles. The van der Waals surface area contributed by atoms with Gasteiger partial charge >= 0.3 is 5.97 Å². The Balaban J connectivity index is 1.90. The number of aliphatic carboxylic acids is 1. The molecule has 0 spiro atoms. The zero-order valence-corrected chi connectivity index (χ0v) is 9.32. The van der Waals surface area contributed by atoms with Crippen LogP contribution in [0.25, 0.3) is 0 Å². The van der Waals surface area contributed by atoms with Gasteiger partial charge in [-0.15, -0.1) is 0 Å². The number of hydrogen-bond acceptors (Lipinski definition) is 2. The monoisotopic (exact) mass is 210 g/mol. The average Bonchev–Trinajstić information content (AvgIpc) is 2.94. The third-order valence-electron chi connectivity index (χ3n) is 3.67. The van der Waals surface area contributed by atoms with Crippen molar-refractivity contribution in [2.75, 3.05) is 0 Å². The summed E-state index contributed by atoms with van der Waals surface area (Å²) in [7, 11) is 0. The lowest BCUT2D eigenvalue weighted by atomic mass is 9.84. The number of hydrogen-bond donors (Lipinski definition) is 1. The number of ether oxygens (including phenoxy) is 1. The molecule has 0 aromatic carbocycles. The number of carboxylic acid groups (broad SMARTS) is 1. The molecule has 3 atom stereocenters. The lowest BCUT2D eigenvalue weighted by Gasteiger charge is -2.19. The Labute approximate surface area is 90.1 Å². The van der Waals surface area contributed by atoms with E-state index in [0.29, 0.717) is 23.7 Å². The highest BCUT2D eigenvalue weighted by Gasteiger charge is 2.43. The molecule has 3 heteroatoms. The van der Waals surface area contributed by atoms with Crippen molar-refractivity contribution in [3.63, 3.8) is 0 Å². The van der Waals surface area contributed by atoms with E-state index < -0.39 is 5.97 Å². The van der Waals surface area contributed by atoms with E-state index in [0.717, 1.165) is 24.8 Å². The summed E-state index contributed by atoms with van der Waals surface area (Å²) in [6.07, 6.45) is 5.41. The van der Waals surface area contributed by atoms with E-state index in [1.165, 1.54) is 6.42 Å². The van der Waals surface area contributed by atoms with Crippen molar-refractivity contribution in [2.24, 2.45) is 5.92 Å². The standard InChI is InChI=1S/C12H18O3/c1-7(8(2)12(13)14)5-9-3-4-10-11(6-9)15-10/h9-11H,3-6H2,1-2H3,(H,13,14). The first-order chi connectivity index (χ1) is 7.08. The van der Waals surface area contributed by atoms with Crippen LogP contribution in [-0.4, -0.2) is 23.3 Å². The van der Waals surface area contributed by atoms with Crippen molar-refractivity contribution in [1.29, 1.82) is 0 Å². The molecule has 2 fully saturated rings. The largest absolute Gasteiger partial charge is 0.478 e. The number of carboxylic acids is 1. The summed E-state index contributed by atoms with van der Waals surface area (Å²) in [5.74, 6) is -0.160. The van der Waals surface area contributed by atoms with E-state index in [1.807, 2.05) is 6.92 Å². The van der Waals surface area contributed by atoms with Crippen molar-refractivity contribution < 1.29 is 14.6 Å². The molecule has 1 aliphatic carbocycles. The van der Waals surface area contributed by atoms with Crippen molar-refractivity contribution in [3.8, 4) is 0 Å². The minimum Gasteiger partial charge on any atom is -0.478 e. The van der Waals surface area contributed by atoms with E-state index in [9.17, 15) is 4.79 Å². The molecule has 1 N–H and O–H groups in total. The molecule has 3 unspecified atom stereocenters. The fourth-order valence-corrected chi connectivity index (χ4v) is 2.44. The smallest absolute Gasteiger partial charge is 0.331 e. The maximum atomic E-state index is 10.8. The number of epoxide rings is 1. The third kappa shape index (κ3) is 2.40.